The summed E-state index contributed by atoms with van der Waals surface area (Å²) in [6, 6.07) is 24.7. The number of nitrogens with one attached hydrogen (secondary N) is 1. The highest BCUT2D eigenvalue weighted by atomic mass is 16.1. The average molecular weight is 481 g/mol. The highest BCUT2D eigenvalue weighted by Crippen LogP contribution is 2.30. The molecule has 0 aliphatic heterocycles. The fourth-order valence-corrected chi connectivity index (χ4v) is 5.99. The molecule has 1 atom stereocenters. The van der Waals surface area contributed by atoms with Crippen molar-refractivity contribution in [3.8, 4) is 11.1 Å². The molecule has 0 saturated heterocycles. The largest absolute Gasteiger partial charge is 0.326 e. The smallest absolute Gasteiger partial charge is 0.227 e. The molecule has 0 heterocycles. The van der Waals surface area contributed by atoms with E-state index < -0.39 is 0 Å². The monoisotopic (exact) mass is 480 g/mol. The Morgan fingerprint density at radius 2 is 1.56 bits per heavy atom. The van der Waals surface area contributed by atoms with Crippen LogP contribution in [0.4, 0.5) is 5.69 Å². The maximum absolute atomic E-state index is 13.3. The van der Waals surface area contributed by atoms with Crippen LogP contribution < -0.4 is 5.32 Å². The van der Waals surface area contributed by atoms with Crippen LogP contribution in [0.3, 0.4) is 0 Å². The second-order valence-corrected chi connectivity index (χ2v) is 11.0. The molecule has 1 unspecified atom stereocenters. The van der Waals surface area contributed by atoms with Crippen LogP contribution >= 0.6 is 0 Å². The maximum Gasteiger partial charge on any atom is 0.227 e. The summed E-state index contributed by atoms with van der Waals surface area (Å²) in [5.74, 6) is 0.160. The molecule has 3 nitrogen and oxygen atoms in total. The zero-order valence-electron chi connectivity index (χ0n) is 21.9. The number of carbonyl (C=O) groups excluding carboxylic acids is 1. The molecule has 0 spiro atoms. The number of carbonyl (C=O) groups is 1. The van der Waals surface area contributed by atoms with E-state index in [9.17, 15) is 4.79 Å². The SMILES string of the molecule is Cc1ccc(-c2ccc3c(c2)CC(C(=O)Nc2ccc(CN(C)C4CCCCC4)cc2)CCC3)cc1. The van der Waals surface area contributed by atoms with Gasteiger partial charge in [0, 0.05) is 24.2 Å². The first-order valence-electron chi connectivity index (χ1n) is 13.8. The Kier molecular flexibility index (Phi) is 7.87. The molecular formula is C33H40N2O. The number of hydrogen-bond donors (Lipinski definition) is 1. The minimum atomic E-state index is 0.0108. The van der Waals surface area contributed by atoms with Crippen molar-refractivity contribution >= 4 is 11.6 Å². The van der Waals surface area contributed by atoms with Crippen molar-refractivity contribution in [1.82, 2.24) is 4.90 Å². The molecule has 0 aromatic heterocycles. The summed E-state index contributed by atoms with van der Waals surface area (Å²) in [7, 11) is 2.25. The fourth-order valence-electron chi connectivity index (χ4n) is 5.99. The van der Waals surface area contributed by atoms with Crippen molar-refractivity contribution in [3.05, 3.63) is 89.0 Å². The van der Waals surface area contributed by atoms with Crippen LogP contribution in [-0.2, 0) is 24.2 Å². The van der Waals surface area contributed by atoms with Gasteiger partial charge < -0.3 is 5.32 Å². The van der Waals surface area contributed by atoms with Crippen molar-refractivity contribution in [2.75, 3.05) is 12.4 Å². The van der Waals surface area contributed by atoms with Crippen LogP contribution in [0.15, 0.2) is 66.7 Å². The van der Waals surface area contributed by atoms with E-state index in [4.69, 9.17) is 0 Å². The number of benzene rings is 3. The predicted octanol–water partition coefficient (Wildman–Crippen LogP) is 7.56. The van der Waals surface area contributed by atoms with Gasteiger partial charge in [0.15, 0.2) is 0 Å². The molecule has 3 aromatic rings. The lowest BCUT2D eigenvalue weighted by molar-refractivity contribution is -0.120. The first-order valence-corrected chi connectivity index (χ1v) is 13.8. The summed E-state index contributed by atoms with van der Waals surface area (Å²) in [6.07, 6.45) is 10.6. The Hall–Kier alpha value is -2.91. The van der Waals surface area contributed by atoms with Crippen molar-refractivity contribution in [2.24, 2.45) is 5.92 Å². The Morgan fingerprint density at radius 1 is 0.833 bits per heavy atom. The predicted molar refractivity (Wildman–Crippen MR) is 150 cm³/mol. The average Bonchev–Trinajstić information content (AvgIpc) is 3.13. The molecular weight excluding hydrogens is 440 g/mol. The molecule has 5 rings (SSSR count). The van der Waals surface area contributed by atoms with E-state index in [2.05, 4.69) is 90.9 Å². The molecule has 2 aliphatic carbocycles. The lowest BCUT2D eigenvalue weighted by Crippen LogP contribution is -2.32. The molecule has 0 radical (unpaired) electrons. The molecule has 3 heteroatoms. The van der Waals surface area contributed by atoms with Crippen molar-refractivity contribution in [3.63, 3.8) is 0 Å². The Morgan fingerprint density at radius 3 is 2.31 bits per heavy atom. The van der Waals surface area contributed by atoms with Gasteiger partial charge in [-0.2, -0.15) is 0 Å². The third-order valence-corrected chi connectivity index (χ3v) is 8.28. The van der Waals surface area contributed by atoms with Crippen molar-refractivity contribution in [1.29, 1.82) is 0 Å². The van der Waals surface area contributed by atoms with Crippen molar-refractivity contribution < 1.29 is 4.79 Å². The second-order valence-electron chi connectivity index (χ2n) is 11.0. The molecule has 3 aromatic carbocycles. The molecule has 36 heavy (non-hydrogen) atoms. The van der Waals surface area contributed by atoms with E-state index in [-0.39, 0.29) is 11.8 Å². The third-order valence-electron chi connectivity index (χ3n) is 8.28. The van der Waals surface area contributed by atoms with Crippen LogP contribution in [0.25, 0.3) is 11.1 Å². The van der Waals surface area contributed by atoms with Crippen LogP contribution in [0.2, 0.25) is 0 Å². The third kappa shape index (κ3) is 6.07. The van der Waals surface area contributed by atoms with E-state index in [0.717, 1.165) is 37.9 Å². The van der Waals surface area contributed by atoms with E-state index in [0.29, 0.717) is 6.04 Å². The highest BCUT2D eigenvalue weighted by Gasteiger charge is 2.24. The van der Waals surface area contributed by atoms with E-state index in [1.54, 1.807) is 0 Å². The summed E-state index contributed by atoms with van der Waals surface area (Å²) in [5.41, 5.74) is 8.69. The van der Waals surface area contributed by atoms with Gasteiger partial charge in [-0.1, -0.05) is 79.4 Å². The Balaban J connectivity index is 1.22. The lowest BCUT2D eigenvalue weighted by Gasteiger charge is -2.31. The van der Waals surface area contributed by atoms with Gasteiger partial charge >= 0.3 is 0 Å². The number of nitrogens with zero attached hydrogens (tertiary/aromatic N) is 1. The van der Waals surface area contributed by atoms with Crippen LogP contribution in [0.5, 0.6) is 0 Å². The topological polar surface area (TPSA) is 32.3 Å². The first kappa shape index (κ1) is 24.8. The summed E-state index contributed by atoms with van der Waals surface area (Å²) >= 11 is 0. The van der Waals surface area contributed by atoms with Gasteiger partial charge in [0.2, 0.25) is 5.91 Å². The quantitative estimate of drug-likeness (QED) is 0.369. The molecule has 2 aliphatic rings. The highest BCUT2D eigenvalue weighted by molar-refractivity contribution is 5.92. The van der Waals surface area contributed by atoms with Gasteiger partial charge in [0.05, 0.1) is 0 Å². The number of fused-ring (bicyclic) bond motifs is 1. The standard InChI is InChI=1S/C33H40N2O/c1-24-11-15-27(16-12-24)28-18-17-26-7-6-8-29(22-30(26)21-28)33(36)34-31-19-13-25(14-20-31)23-35(2)32-9-4-3-5-10-32/h11-21,29,32H,3-10,22-23H2,1-2H3,(H,34,36). The zero-order valence-corrected chi connectivity index (χ0v) is 21.9. The van der Waals surface area contributed by atoms with Gasteiger partial charge in [-0.05, 0) is 92.4 Å². The number of amides is 1. The molecule has 1 fully saturated rings. The fraction of sp³-hybridized carbons (Fsp3) is 0.424. The van der Waals surface area contributed by atoms with Crippen LogP contribution in [-0.4, -0.2) is 23.9 Å². The minimum Gasteiger partial charge on any atom is -0.326 e. The van der Waals surface area contributed by atoms with Crippen LogP contribution in [0, 0.1) is 12.8 Å². The minimum absolute atomic E-state index is 0.0108. The normalized spacial score (nSPS) is 18.5. The first-order chi connectivity index (χ1) is 17.5. The molecule has 188 valence electrons. The van der Waals surface area contributed by atoms with Gasteiger partial charge in [-0.15, -0.1) is 0 Å². The van der Waals surface area contributed by atoms with Gasteiger partial charge in [0.1, 0.15) is 0 Å². The van der Waals surface area contributed by atoms with Gasteiger partial charge in [0.25, 0.3) is 0 Å². The summed E-state index contributed by atoms with van der Waals surface area (Å²) < 4.78 is 0. The molecule has 1 amide bonds. The van der Waals surface area contributed by atoms with E-state index >= 15 is 0 Å². The number of anilines is 1. The Labute approximate surface area is 216 Å². The maximum atomic E-state index is 13.3. The molecule has 1 saturated carbocycles. The summed E-state index contributed by atoms with van der Waals surface area (Å²) in [4.78, 5) is 15.8. The number of rotatable bonds is 6. The number of aryl methyl sites for hydroxylation is 2. The van der Waals surface area contributed by atoms with Crippen LogP contribution in [0.1, 0.15) is 67.2 Å². The molecule has 1 N–H and O–H groups in total. The van der Waals surface area contributed by atoms with E-state index in [1.165, 1.54) is 65.5 Å². The Bertz CT molecular complexity index is 1160. The second kappa shape index (κ2) is 11.4. The summed E-state index contributed by atoms with van der Waals surface area (Å²) in [6.45, 7) is 3.09. The van der Waals surface area contributed by atoms with Gasteiger partial charge in [-0.25, -0.2) is 0 Å². The van der Waals surface area contributed by atoms with Crippen molar-refractivity contribution in [2.45, 2.75) is 77.3 Å². The van der Waals surface area contributed by atoms with Gasteiger partial charge in [-0.3, -0.25) is 9.69 Å². The molecule has 0 bridgehead atoms. The van der Waals surface area contributed by atoms with E-state index in [1.807, 2.05) is 0 Å². The lowest BCUT2D eigenvalue weighted by atomic mass is 9.93. The number of hydrogen-bond acceptors (Lipinski definition) is 2. The zero-order chi connectivity index (χ0) is 24.9. The summed E-state index contributed by atoms with van der Waals surface area (Å²) in [5, 5.41) is 3.21.